The number of fused-ring (bicyclic) bond motifs is 1. The van der Waals surface area contributed by atoms with Crippen LogP contribution in [0.25, 0.3) is 10.9 Å². The van der Waals surface area contributed by atoms with E-state index in [2.05, 4.69) is 32.1 Å². The number of hydrogen-bond acceptors (Lipinski definition) is 3. The molecule has 124 valence electrons. The molecule has 0 spiro atoms. The van der Waals surface area contributed by atoms with Crippen molar-refractivity contribution in [1.82, 2.24) is 9.55 Å². The summed E-state index contributed by atoms with van der Waals surface area (Å²) in [6, 6.07) is 0.333. The maximum absolute atomic E-state index is 14.6. The Kier molecular flexibility index (Phi) is 4.51. The average molecular weight is 451 g/mol. The first kappa shape index (κ1) is 16.1. The van der Waals surface area contributed by atoms with Gasteiger partial charge >= 0.3 is 0 Å². The van der Waals surface area contributed by atoms with Gasteiger partial charge < -0.3 is 14.0 Å². The van der Waals surface area contributed by atoms with Gasteiger partial charge in [0.05, 0.1) is 17.8 Å². The van der Waals surface area contributed by atoms with Crippen LogP contribution in [0.3, 0.4) is 0 Å². The van der Waals surface area contributed by atoms with Gasteiger partial charge in [0, 0.05) is 27.8 Å². The van der Waals surface area contributed by atoms with Crippen molar-refractivity contribution < 1.29 is 13.9 Å². The fraction of sp³-hybridized carbons (Fsp3) is 0.562. The zero-order valence-corrected chi connectivity index (χ0v) is 15.4. The van der Waals surface area contributed by atoms with Crippen LogP contribution in [-0.2, 0) is 16.1 Å². The Morgan fingerprint density at radius 3 is 2.91 bits per heavy atom. The molecule has 0 bridgehead atoms. The molecule has 0 N–H and O–H groups in total. The lowest BCUT2D eigenvalue weighted by Crippen LogP contribution is -2.22. The lowest BCUT2D eigenvalue weighted by atomic mass is 10.2. The van der Waals surface area contributed by atoms with Crippen LogP contribution in [0.4, 0.5) is 4.39 Å². The summed E-state index contributed by atoms with van der Waals surface area (Å²) in [6.45, 7) is 1.17. The van der Waals surface area contributed by atoms with E-state index >= 15 is 0 Å². The molecule has 1 saturated carbocycles. The lowest BCUT2D eigenvalue weighted by Gasteiger charge is -2.23. The van der Waals surface area contributed by atoms with E-state index in [4.69, 9.17) is 21.1 Å². The highest BCUT2D eigenvalue weighted by Gasteiger charge is 2.32. The Balaban J connectivity index is 1.71. The van der Waals surface area contributed by atoms with Crippen LogP contribution >= 0.6 is 34.2 Å². The number of aromatic nitrogens is 2. The van der Waals surface area contributed by atoms with E-state index < -0.39 is 5.82 Å². The zero-order chi connectivity index (χ0) is 16.0. The molecule has 3 heterocycles. The SMILES string of the molecule is Fc1c(Cl)ncc2c(I)c(COC3CCCCO3)n(C3CC3)c12. The van der Waals surface area contributed by atoms with Crippen molar-refractivity contribution >= 4 is 45.1 Å². The minimum absolute atomic E-state index is 0.0728. The Labute approximate surface area is 152 Å². The van der Waals surface area contributed by atoms with E-state index in [0.29, 0.717) is 18.2 Å². The number of hydrogen-bond donors (Lipinski definition) is 0. The van der Waals surface area contributed by atoms with Gasteiger partial charge in [-0.05, 0) is 54.7 Å². The van der Waals surface area contributed by atoms with Gasteiger partial charge in [0.2, 0.25) is 0 Å². The fourth-order valence-corrected chi connectivity index (χ4v) is 4.08. The largest absolute Gasteiger partial charge is 0.353 e. The van der Waals surface area contributed by atoms with Crippen molar-refractivity contribution in [1.29, 1.82) is 0 Å². The van der Waals surface area contributed by atoms with Crippen molar-refractivity contribution in [2.24, 2.45) is 0 Å². The minimum Gasteiger partial charge on any atom is -0.353 e. The summed E-state index contributed by atoms with van der Waals surface area (Å²) in [4.78, 5) is 3.96. The first-order valence-corrected chi connectivity index (χ1v) is 9.38. The highest BCUT2D eigenvalue weighted by Crippen LogP contribution is 2.43. The molecule has 0 radical (unpaired) electrons. The molecular formula is C16H17ClFIN2O2. The molecule has 4 nitrogen and oxygen atoms in total. The molecular weight excluding hydrogens is 434 g/mol. The molecule has 0 aromatic carbocycles. The van der Waals surface area contributed by atoms with Gasteiger partial charge in [-0.25, -0.2) is 9.37 Å². The highest BCUT2D eigenvalue weighted by molar-refractivity contribution is 14.1. The van der Waals surface area contributed by atoms with Crippen molar-refractivity contribution in [2.45, 2.75) is 51.0 Å². The molecule has 1 saturated heterocycles. The molecule has 1 atom stereocenters. The number of ether oxygens (including phenoxy) is 2. The van der Waals surface area contributed by atoms with E-state index in [-0.39, 0.29) is 11.4 Å². The maximum atomic E-state index is 14.6. The number of halogens is 3. The normalized spacial score (nSPS) is 22.0. The van der Waals surface area contributed by atoms with E-state index in [9.17, 15) is 4.39 Å². The van der Waals surface area contributed by atoms with E-state index in [1.165, 1.54) is 0 Å². The molecule has 2 aliphatic rings. The molecule has 1 aliphatic heterocycles. The minimum atomic E-state index is -0.436. The molecule has 23 heavy (non-hydrogen) atoms. The topological polar surface area (TPSA) is 36.3 Å². The van der Waals surface area contributed by atoms with Gasteiger partial charge in [0.15, 0.2) is 17.3 Å². The van der Waals surface area contributed by atoms with Crippen LogP contribution in [0.2, 0.25) is 5.15 Å². The summed E-state index contributed by atoms with van der Waals surface area (Å²) in [7, 11) is 0. The second-order valence-electron chi connectivity index (χ2n) is 6.09. The molecule has 7 heteroatoms. The molecule has 1 aliphatic carbocycles. The Bertz CT molecular complexity index is 741. The Morgan fingerprint density at radius 1 is 1.39 bits per heavy atom. The van der Waals surface area contributed by atoms with Gasteiger partial charge in [-0.1, -0.05) is 11.6 Å². The van der Waals surface area contributed by atoms with Crippen LogP contribution in [-0.4, -0.2) is 22.4 Å². The maximum Gasteiger partial charge on any atom is 0.184 e. The first-order valence-electron chi connectivity index (χ1n) is 7.92. The van der Waals surface area contributed by atoms with Crippen LogP contribution in [0.5, 0.6) is 0 Å². The second-order valence-corrected chi connectivity index (χ2v) is 7.53. The van der Waals surface area contributed by atoms with Crippen LogP contribution in [0.15, 0.2) is 6.20 Å². The molecule has 4 rings (SSSR count). The van der Waals surface area contributed by atoms with Gasteiger partial charge in [0.1, 0.15) is 0 Å². The second kappa shape index (κ2) is 6.46. The monoisotopic (exact) mass is 450 g/mol. The van der Waals surface area contributed by atoms with E-state index in [1.807, 2.05) is 0 Å². The van der Waals surface area contributed by atoms with Crippen molar-refractivity contribution in [2.75, 3.05) is 6.61 Å². The highest BCUT2D eigenvalue weighted by atomic mass is 127. The number of rotatable bonds is 4. The summed E-state index contributed by atoms with van der Waals surface area (Å²) >= 11 is 8.14. The van der Waals surface area contributed by atoms with Crippen molar-refractivity contribution in [3.63, 3.8) is 0 Å². The number of pyridine rings is 1. The smallest absolute Gasteiger partial charge is 0.184 e. The van der Waals surface area contributed by atoms with E-state index in [1.54, 1.807) is 6.20 Å². The molecule has 2 aromatic rings. The Hall–Kier alpha value is -0.440. The first-order chi connectivity index (χ1) is 11.2. The quantitative estimate of drug-likeness (QED) is 0.495. The van der Waals surface area contributed by atoms with Crippen LogP contribution in [0, 0.1) is 9.39 Å². The van der Waals surface area contributed by atoms with Crippen LogP contribution < -0.4 is 0 Å². The predicted molar refractivity (Wildman–Crippen MR) is 94.1 cm³/mol. The van der Waals surface area contributed by atoms with Gasteiger partial charge in [0.25, 0.3) is 0 Å². The lowest BCUT2D eigenvalue weighted by molar-refractivity contribution is -0.169. The summed E-state index contributed by atoms with van der Waals surface area (Å²) in [5, 5.41) is 0.735. The van der Waals surface area contributed by atoms with Gasteiger partial charge in [-0.15, -0.1) is 0 Å². The molecule has 0 amide bonds. The third kappa shape index (κ3) is 2.99. The molecule has 2 aromatic heterocycles. The third-order valence-electron chi connectivity index (χ3n) is 4.43. The summed E-state index contributed by atoms with van der Waals surface area (Å²) < 4.78 is 29.2. The summed E-state index contributed by atoms with van der Waals surface area (Å²) in [5.41, 5.74) is 1.56. The fourth-order valence-electron chi connectivity index (χ4n) is 3.13. The van der Waals surface area contributed by atoms with E-state index in [0.717, 1.165) is 53.4 Å². The zero-order valence-electron chi connectivity index (χ0n) is 12.5. The third-order valence-corrected chi connectivity index (χ3v) is 5.90. The van der Waals surface area contributed by atoms with Crippen LogP contribution in [0.1, 0.15) is 43.8 Å². The van der Waals surface area contributed by atoms with Crippen molar-refractivity contribution in [3.8, 4) is 0 Å². The average Bonchev–Trinajstić information content (AvgIpc) is 3.36. The molecule has 2 fully saturated rings. The van der Waals surface area contributed by atoms with Gasteiger partial charge in [-0.2, -0.15) is 0 Å². The summed E-state index contributed by atoms with van der Waals surface area (Å²) in [5.74, 6) is -0.436. The molecule has 1 unspecified atom stereocenters. The Morgan fingerprint density at radius 2 is 2.22 bits per heavy atom. The number of nitrogens with zero attached hydrogens (tertiary/aromatic N) is 2. The van der Waals surface area contributed by atoms with Crippen molar-refractivity contribution in [3.05, 3.63) is 26.4 Å². The summed E-state index contributed by atoms with van der Waals surface area (Å²) in [6.07, 6.45) is 6.76. The van der Waals surface area contributed by atoms with Gasteiger partial charge in [-0.3, -0.25) is 0 Å². The predicted octanol–water partition coefficient (Wildman–Crippen LogP) is 4.81. The standard InChI is InChI=1S/C16H17ClFIN2O2/c17-16-13(18)15-10(7-20-16)14(19)11(21(15)9-4-5-9)8-23-12-3-1-2-6-22-12/h7,9,12H,1-6,8H2.